The van der Waals surface area contributed by atoms with Crippen molar-refractivity contribution in [3.63, 3.8) is 0 Å². The number of nitrogen functional groups attached to an aromatic ring is 1. The maximum Gasteiger partial charge on any atom is 0.146 e. The second kappa shape index (κ2) is 3.32. The van der Waals surface area contributed by atoms with E-state index >= 15 is 0 Å². The molecule has 0 bridgehead atoms. The topological polar surface area (TPSA) is 51.8 Å². The van der Waals surface area contributed by atoms with Gasteiger partial charge >= 0.3 is 0 Å². The number of nitrogens with zero attached hydrogens (tertiary/aromatic N) is 2. The van der Waals surface area contributed by atoms with E-state index in [0.717, 1.165) is 15.6 Å². The van der Waals surface area contributed by atoms with Gasteiger partial charge in [0.25, 0.3) is 0 Å². The van der Waals surface area contributed by atoms with E-state index in [0.29, 0.717) is 5.82 Å². The van der Waals surface area contributed by atoms with Gasteiger partial charge in [0.05, 0.1) is 5.69 Å². The van der Waals surface area contributed by atoms with E-state index in [-0.39, 0.29) is 0 Å². The summed E-state index contributed by atoms with van der Waals surface area (Å²) in [6.45, 7) is 0. The minimum Gasteiger partial charge on any atom is -0.382 e. The van der Waals surface area contributed by atoms with Crippen LogP contribution in [0.1, 0.15) is 0 Å². The monoisotopic (exact) mass is 211 g/mol. The highest BCUT2D eigenvalue weighted by Gasteiger charge is 2.05. The SMILES string of the molecule is Nc1ccc(-c2ccsc2Cl)nn1. The zero-order valence-electron chi connectivity index (χ0n) is 6.57. The van der Waals surface area contributed by atoms with Gasteiger partial charge in [-0.25, -0.2) is 0 Å². The molecule has 0 amide bonds. The van der Waals surface area contributed by atoms with Crippen LogP contribution in [0.5, 0.6) is 0 Å². The quantitative estimate of drug-likeness (QED) is 0.788. The van der Waals surface area contributed by atoms with Gasteiger partial charge < -0.3 is 5.73 Å². The van der Waals surface area contributed by atoms with Crippen LogP contribution < -0.4 is 5.73 Å². The van der Waals surface area contributed by atoms with E-state index in [2.05, 4.69) is 10.2 Å². The molecule has 0 spiro atoms. The van der Waals surface area contributed by atoms with E-state index in [1.165, 1.54) is 11.3 Å². The first-order chi connectivity index (χ1) is 6.27. The number of halogens is 1. The van der Waals surface area contributed by atoms with E-state index in [1.54, 1.807) is 12.1 Å². The lowest BCUT2D eigenvalue weighted by Gasteiger charge is -1.96. The Balaban J connectivity index is 2.47. The number of nitrogens with two attached hydrogens (primary N) is 1. The van der Waals surface area contributed by atoms with Crippen molar-refractivity contribution in [1.82, 2.24) is 10.2 Å². The van der Waals surface area contributed by atoms with Gasteiger partial charge in [-0.1, -0.05) is 11.6 Å². The second-order valence-electron chi connectivity index (χ2n) is 2.45. The van der Waals surface area contributed by atoms with Gasteiger partial charge in [-0.05, 0) is 23.6 Å². The molecule has 2 heterocycles. The first-order valence-corrected chi connectivity index (χ1v) is 4.86. The van der Waals surface area contributed by atoms with Crippen LogP contribution in [0.15, 0.2) is 23.6 Å². The van der Waals surface area contributed by atoms with Crippen LogP contribution in [0.2, 0.25) is 4.34 Å². The van der Waals surface area contributed by atoms with Crippen molar-refractivity contribution in [2.45, 2.75) is 0 Å². The molecule has 0 saturated heterocycles. The average Bonchev–Trinajstić information content (AvgIpc) is 2.53. The molecule has 0 unspecified atom stereocenters. The smallest absolute Gasteiger partial charge is 0.146 e. The Kier molecular flexibility index (Phi) is 2.16. The van der Waals surface area contributed by atoms with Crippen molar-refractivity contribution >= 4 is 28.8 Å². The van der Waals surface area contributed by atoms with Crippen LogP contribution in [0, 0.1) is 0 Å². The summed E-state index contributed by atoms with van der Waals surface area (Å²) < 4.78 is 0.721. The van der Waals surface area contributed by atoms with Crippen molar-refractivity contribution in [2.75, 3.05) is 5.73 Å². The minimum atomic E-state index is 0.412. The molecule has 0 aliphatic carbocycles. The Morgan fingerprint density at radius 2 is 2.08 bits per heavy atom. The molecule has 2 aromatic rings. The maximum atomic E-state index is 5.93. The zero-order chi connectivity index (χ0) is 9.26. The Hall–Kier alpha value is -1.13. The lowest BCUT2D eigenvalue weighted by atomic mass is 10.2. The lowest BCUT2D eigenvalue weighted by molar-refractivity contribution is 1.05. The Labute approximate surface area is 84.2 Å². The van der Waals surface area contributed by atoms with Crippen molar-refractivity contribution in [1.29, 1.82) is 0 Å². The third-order valence-corrected chi connectivity index (χ3v) is 2.75. The fourth-order valence-corrected chi connectivity index (χ4v) is 1.90. The normalized spacial score (nSPS) is 10.2. The summed E-state index contributed by atoms with van der Waals surface area (Å²) in [5.41, 5.74) is 7.07. The van der Waals surface area contributed by atoms with Crippen molar-refractivity contribution in [3.05, 3.63) is 27.9 Å². The van der Waals surface area contributed by atoms with Crippen LogP contribution in [0.3, 0.4) is 0 Å². The molecule has 0 aliphatic heterocycles. The predicted octanol–water partition coefficient (Wildman–Crippen LogP) is 2.44. The number of hydrogen-bond acceptors (Lipinski definition) is 4. The van der Waals surface area contributed by atoms with E-state index in [4.69, 9.17) is 17.3 Å². The summed E-state index contributed by atoms with van der Waals surface area (Å²) in [5.74, 6) is 0.412. The fourth-order valence-electron chi connectivity index (χ4n) is 0.963. The van der Waals surface area contributed by atoms with Crippen molar-refractivity contribution in [3.8, 4) is 11.3 Å². The number of rotatable bonds is 1. The molecular weight excluding hydrogens is 206 g/mol. The number of hydrogen-bond donors (Lipinski definition) is 1. The van der Waals surface area contributed by atoms with Crippen LogP contribution in [-0.4, -0.2) is 10.2 Å². The molecule has 13 heavy (non-hydrogen) atoms. The van der Waals surface area contributed by atoms with E-state index < -0.39 is 0 Å². The first kappa shape index (κ1) is 8.47. The largest absolute Gasteiger partial charge is 0.382 e. The average molecular weight is 212 g/mol. The third kappa shape index (κ3) is 1.64. The Morgan fingerprint density at radius 1 is 1.23 bits per heavy atom. The summed E-state index contributed by atoms with van der Waals surface area (Å²) in [7, 11) is 0. The van der Waals surface area contributed by atoms with Gasteiger partial charge in [0.2, 0.25) is 0 Å². The summed E-state index contributed by atoms with van der Waals surface area (Å²) in [5, 5.41) is 9.59. The molecule has 2 aromatic heterocycles. The minimum absolute atomic E-state index is 0.412. The predicted molar refractivity (Wildman–Crippen MR) is 54.8 cm³/mol. The molecule has 0 aromatic carbocycles. The molecule has 0 fully saturated rings. The second-order valence-corrected chi connectivity index (χ2v) is 3.97. The Morgan fingerprint density at radius 3 is 2.62 bits per heavy atom. The van der Waals surface area contributed by atoms with Crippen LogP contribution >= 0.6 is 22.9 Å². The maximum absolute atomic E-state index is 5.93. The molecule has 0 aliphatic rings. The van der Waals surface area contributed by atoms with Crippen LogP contribution in [-0.2, 0) is 0 Å². The molecule has 5 heteroatoms. The van der Waals surface area contributed by atoms with Crippen molar-refractivity contribution < 1.29 is 0 Å². The zero-order valence-corrected chi connectivity index (χ0v) is 8.14. The molecule has 3 nitrogen and oxygen atoms in total. The number of aromatic nitrogens is 2. The lowest BCUT2D eigenvalue weighted by Crippen LogP contribution is -1.93. The molecule has 0 atom stereocenters. The first-order valence-electron chi connectivity index (χ1n) is 3.60. The third-order valence-electron chi connectivity index (χ3n) is 1.58. The Bertz CT molecular complexity index is 410. The van der Waals surface area contributed by atoms with Gasteiger partial charge in [-0.3, -0.25) is 0 Å². The van der Waals surface area contributed by atoms with Gasteiger partial charge in [0.15, 0.2) is 0 Å². The highest BCUT2D eigenvalue weighted by Crippen LogP contribution is 2.30. The molecule has 0 saturated carbocycles. The van der Waals surface area contributed by atoms with Crippen LogP contribution in [0.25, 0.3) is 11.3 Å². The van der Waals surface area contributed by atoms with Gasteiger partial charge in [-0.15, -0.1) is 21.5 Å². The molecule has 2 rings (SSSR count). The highest BCUT2D eigenvalue weighted by molar-refractivity contribution is 7.15. The van der Waals surface area contributed by atoms with Gasteiger partial charge in [-0.2, -0.15) is 0 Å². The molecular formula is C8H6ClN3S. The summed E-state index contributed by atoms with van der Waals surface area (Å²) in [6, 6.07) is 5.42. The van der Waals surface area contributed by atoms with Gasteiger partial charge in [0, 0.05) is 5.56 Å². The summed E-state index contributed by atoms with van der Waals surface area (Å²) in [4.78, 5) is 0. The highest BCUT2D eigenvalue weighted by atomic mass is 35.5. The summed E-state index contributed by atoms with van der Waals surface area (Å²) in [6.07, 6.45) is 0. The van der Waals surface area contributed by atoms with Crippen molar-refractivity contribution in [2.24, 2.45) is 0 Å². The molecule has 2 N–H and O–H groups in total. The van der Waals surface area contributed by atoms with Crippen LogP contribution in [0.4, 0.5) is 5.82 Å². The standard InChI is InChI=1S/C8H6ClN3S/c9-8-5(3-4-13-8)6-1-2-7(10)12-11-6/h1-4H,(H2,10,12). The fraction of sp³-hybridized carbons (Fsp3) is 0. The number of anilines is 1. The number of thiophene rings is 1. The van der Waals surface area contributed by atoms with E-state index in [1.807, 2.05) is 11.4 Å². The molecule has 66 valence electrons. The van der Waals surface area contributed by atoms with Gasteiger partial charge in [0.1, 0.15) is 10.2 Å². The van der Waals surface area contributed by atoms with E-state index in [9.17, 15) is 0 Å². The summed E-state index contributed by atoms with van der Waals surface area (Å²) >= 11 is 7.40. The molecule has 0 radical (unpaired) electrons.